The molecule has 0 bridgehead atoms. The summed E-state index contributed by atoms with van der Waals surface area (Å²) in [6.07, 6.45) is 6.66. The van der Waals surface area contributed by atoms with Crippen molar-refractivity contribution < 1.29 is 13.6 Å². The minimum absolute atomic E-state index is 0.183. The van der Waals surface area contributed by atoms with Gasteiger partial charge in [-0.2, -0.15) is 0 Å². The monoisotopic (exact) mass is 357 g/mol. The highest BCUT2D eigenvalue weighted by atomic mass is 35.5. The van der Waals surface area contributed by atoms with Gasteiger partial charge in [-0.1, -0.05) is 29.8 Å². The Morgan fingerprint density at radius 3 is 3.00 bits per heavy atom. The molecule has 0 radical (unpaired) electrons. The third kappa shape index (κ3) is 3.17. The van der Waals surface area contributed by atoms with E-state index in [9.17, 15) is 4.79 Å². The summed E-state index contributed by atoms with van der Waals surface area (Å²) in [4.78, 5) is 22.5. The Labute approximate surface area is 149 Å². The number of amides is 1. The van der Waals surface area contributed by atoms with Crippen molar-refractivity contribution in [3.05, 3.63) is 71.1 Å². The van der Waals surface area contributed by atoms with Gasteiger partial charge in [0.2, 0.25) is 11.7 Å². The predicted octanol–water partition coefficient (Wildman–Crippen LogP) is 3.88. The zero-order chi connectivity index (χ0) is 17.2. The van der Waals surface area contributed by atoms with Gasteiger partial charge in [-0.25, -0.2) is 9.97 Å². The van der Waals surface area contributed by atoms with Crippen LogP contribution in [0.4, 0.5) is 0 Å². The van der Waals surface area contributed by atoms with Crippen molar-refractivity contribution in [3.63, 3.8) is 0 Å². The lowest BCUT2D eigenvalue weighted by Gasteiger charge is -2.20. The van der Waals surface area contributed by atoms with E-state index in [0.29, 0.717) is 23.9 Å². The number of carbonyl (C=O) groups excluding carboxylic acids is 1. The highest BCUT2D eigenvalue weighted by Crippen LogP contribution is 2.33. The van der Waals surface area contributed by atoms with Crippen molar-refractivity contribution in [2.75, 3.05) is 6.54 Å². The average molecular weight is 358 g/mol. The zero-order valence-corrected chi connectivity index (χ0v) is 14.1. The molecule has 1 fully saturated rings. The van der Waals surface area contributed by atoms with Gasteiger partial charge in [0.1, 0.15) is 11.8 Å². The quantitative estimate of drug-likeness (QED) is 0.708. The summed E-state index contributed by atoms with van der Waals surface area (Å²) in [5.74, 6) is 1.31. The molecule has 0 N–H and O–H groups in total. The Hall–Kier alpha value is -2.60. The fourth-order valence-electron chi connectivity index (χ4n) is 3.12. The van der Waals surface area contributed by atoms with Gasteiger partial charge in [0, 0.05) is 18.0 Å². The van der Waals surface area contributed by atoms with Gasteiger partial charge in [-0.05, 0) is 24.5 Å². The van der Waals surface area contributed by atoms with Crippen molar-refractivity contribution in [2.24, 2.45) is 0 Å². The molecular formula is C18H16ClN3O3. The Morgan fingerprint density at radius 1 is 1.32 bits per heavy atom. The van der Waals surface area contributed by atoms with E-state index in [1.54, 1.807) is 11.1 Å². The number of hydrogen-bond donors (Lipinski definition) is 0. The molecule has 0 unspecified atom stereocenters. The third-order valence-electron chi connectivity index (χ3n) is 4.34. The van der Waals surface area contributed by atoms with Gasteiger partial charge in [0.15, 0.2) is 6.39 Å². The summed E-state index contributed by atoms with van der Waals surface area (Å²) in [5.41, 5.74) is 0.980. The van der Waals surface area contributed by atoms with Gasteiger partial charge in [-0.15, -0.1) is 0 Å². The standard InChI is InChI=1S/C18H16ClN3O3/c19-14-5-2-1-4-12(14)8-13-9-21-17(25-13)15-6-3-7-22(15)18(23)16-10-20-11-24-16/h1-2,4-5,9-11,15H,3,6-8H2/t15-/m1/s1. The van der Waals surface area contributed by atoms with Crippen molar-refractivity contribution in [2.45, 2.75) is 25.3 Å². The number of hydrogen-bond acceptors (Lipinski definition) is 5. The maximum atomic E-state index is 12.5. The van der Waals surface area contributed by atoms with Crippen LogP contribution in [0, 0.1) is 0 Å². The molecule has 3 heterocycles. The summed E-state index contributed by atoms with van der Waals surface area (Å²) in [6, 6.07) is 7.46. The Kier molecular flexibility index (Phi) is 4.28. The number of benzene rings is 1. The van der Waals surface area contributed by atoms with E-state index in [1.807, 2.05) is 24.3 Å². The second-order valence-electron chi connectivity index (χ2n) is 5.96. The molecule has 1 amide bonds. The van der Waals surface area contributed by atoms with Crippen LogP contribution in [0.15, 0.2) is 51.9 Å². The summed E-state index contributed by atoms with van der Waals surface area (Å²) >= 11 is 6.20. The van der Waals surface area contributed by atoms with Crippen LogP contribution in [-0.4, -0.2) is 27.3 Å². The second-order valence-corrected chi connectivity index (χ2v) is 6.36. The van der Waals surface area contributed by atoms with E-state index in [2.05, 4.69) is 9.97 Å². The molecule has 6 nitrogen and oxygen atoms in total. The van der Waals surface area contributed by atoms with Crippen molar-refractivity contribution in [3.8, 4) is 0 Å². The van der Waals surface area contributed by atoms with Crippen LogP contribution in [-0.2, 0) is 6.42 Å². The first-order valence-electron chi connectivity index (χ1n) is 8.10. The molecule has 0 saturated carbocycles. The maximum Gasteiger partial charge on any atom is 0.291 e. The molecule has 25 heavy (non-hydrogen) atoms. The van der Waals surface area contributed by atoms with Gasteiger partial charge in [0.05, 0.1) is 12.4 Å². The molecule has 2 aromatic heterocycles. The summed E-state index contributed by atoms with van der Waals surface area (Å²) in [7, 11) is 0. The van der Waals surface area contributed by atoms with Gasteiger partial charge in [-0.3, -0.25) is 4.79 Å². The number of halogens is 1. The van der Waals surface area contributed by atoms with Crippen molar-refractivity contribution in [1.29, 1.82) is 0 Å². The number of rotatable bonds is 4. The Balaban J connectivity index is 1.53. The van der Waals surface area contributed by atoms with E-state index in [-0.39, 0.29) is 17.7 Å². The zero-order valence-electron chi connectivity index (χ0n) is 13.4. The lowest BCUT2D eigenvalue weighted by Crippen LogP contribution is -2.30. The largest absolute Gasteiger partial charge is 0.443 e. The van der Waals surface area contributed by atoms with Crippen LogP contribution in [0.3, 0.4) is 0 Å². The topological polar surface area (TPSA) is 72.4 Å². The molecule has 4 rings (SSSR count). The first-order chi connectivity index (χ1) is 12.2. The fourth-order valence-corrected chi connectivity index (χ4v) is 3.32. The van der Waals surface area contributed by atoms with Gasteiger partial charge in [0.25, 0.3) is 5.91 Å². The van der Waals surface area contributed by atoms with E-state index in [4.69, 9.17) is 20.4 Å². The first kappa shape index (κ1) is 15.9. The number of likely N-dealkylation sites (tertiary alicyclic amines) is 1. The minimum Gasteiger partial charge on any atom is -0.443 e. The summed E-state index contributed by atoms with van der Waals surface area (Å²) < 4.78 is 11.0. The summed E-state index contributed by atoms with van der Waals surface area (Å²) in [6.45, 7) is 0.645. The normalized spacial score (nSPS) is 17.2. The molecule has 7 heteroatoms. The molecule has 1 aliphatic rings. The maximum absolute atomic E-state index is 12.5. The lowest BCUT2D eigenvalue weighted by molar-refractivity contribution is 0.0682. The third-order valence-corrected chi connectivity index (χ3v) is 4.70. The lowest BCUT2D eigenvalue weighted by atomic mass is 10.1. The van der Waals surface area contributed by atoms with Gasteiger partial charge < -0.3 is 13.7 Å². The number of aromatic nitrogens is 2. The molecular weight excluding hydrogens is 342 g/mol. The molecule has 1 aliphatic heterocycles. The molecule has 3 aromatic rings. The van der Waals surface area contributed by atoms with Gasteiger partial charge >= 0.3 is 0 Å². The smallest absolute Gasteiger partial charge is 0.291 e. The van der Waals surface area contributed by atoms with Crippen LogP contribution in [0.2, 0.25) is 5.02 Å². The molecule has 0 aliphatic carbocycles. The average Bonchev–Trinajstić information content (AvgIpc) is 3.37. The Morgan fingerprint density at radius 2 is 2.20 bits per heavy atom. The van der Waals surface area contributed by atoms with Crippen LogP contribution >= 0.6 is 11.6 Å². The van der Waals surface area contributed by atoms with E-state index < -0.39 is 0 Å². The Bertz CT molecular complexity index is 875. The number of carbonyl (C=O) groups is 1. The molecule has 0 spiro atoms. The first-order valence-corrected chi connectivity index (χ1v) is 8.47. The molecule has 1 aromatic carbocycles. The van der Waals surface area contributed by atoms with Crippen molar-refractivity contribution in [1.82, 2.24) is 14.9 Å². The van der Waals surface area contributed by atoms with Crippen LogP contribution in [0.5, 0.6) is 0 Å². The van der Waals surface area contributed by atoms with E-state index >= 15 is 0 Å². The molecule has 1 atom stereocenters. The summed E-state index contributed by atoms with van der Waals surface area (Å²) in [5, 5.41) is 0.698. The van der Waals surface area contributed by atoms with E-state index in [0.717, 1.165) is 24.2 Å². The fraction of sp³-hybridized carbons (Fsp3) is 0.278. The SMILES string of the molecule is O=C(c1cnco1)N1CCC[C@@H]1c1ncc(Cc2ccccc2Cl)o1. The highest BCUT2D eigenvalue weighted by molar-refractivity contribution is 6.31. The predicted molar refractivity (Wildman–Crippen MR) is 90.3 cm³/mol. The number of nitrogens with zero attached hydrogens (tertiary/aromatic N) is 3. The van der Waals surface area contributed by atoms with Crippen LogP contribution in [0.1, 0.15) is 46.7 Å². The van der Waals surface area contributed by atoms with Crippen molar-refractivity contribution >= 4 is 17.5 Å². The van der Waals surface area contributed by atoms with Crippen LogP contribution in [0.25, 0.3) is 0 Å². The van der Waals surface area contributed by atoms with Crippen LogP contribution < -0.4 is 0 Å². The van der Waals surface area contributed by atoms with E-state index in [1.165, 1.54) is 12.6 Å². The minimum atomic E-state index is -0.189. The highest BCUT2D eigenvalue weighted by Gasteiger charge is 2.35. The molecule has 1 saturated heterocycles. The second kappa shape index (κ2) is 6.72. The number of oxazole rings is 2. The molecule has 128 valence electrons.